The number of amides is 1. The van der Waals surface area contributed by atoms with Gasteiger partial charge in [0, 0.05) is 16.9 Å². The van der Waals surface area contributed by atoms with Gasteiger partial charge in [-0.3, -0.25) is 4.79 Å². The largest absolute Gasteiger partial charge is 0.322 e. The number of carbonyl (C=O) groups is 1. The first kappa shape index (κ1) is 13.5. The SMILES string of the molecule is CCc1cc(C(=O)Nc2cccc(F)c2)cc(Cl)n1. The number of anilines is 1. The zero-order valence-electron chi connectivity index (χ0n) is 10.3. The molecule has 98 valence electrons. The average molecular weight is 279 g/mol. The summed E-state index contributed by atoms with van der Waals surface area (Å²) in [5.41, 5.74) is 1.54. The zero-order valence-corrected chi connectivity index (χ0v) is 11.0. The van der Waals surface area contributed by atoms with Crippen molar-refractivity contribution in [2.24, 2.45) is 0 Å². The summed E-state index contributed by atoms with van der Waals surface area (Å²) in [6.07, 6.45) is 0.681. The van der Waals surface area contributed by atoms with Crippen molar-refractivity contribution in [1.82, 2.24) is 4.98 Å². The van der Waals surface area contributed by atoms with Crippen molar-refractivity contribution in [2.75, 3.05) is 5.32 Å². The highest BCUT2D eigenvalue weighted by Gasteiger charge is 2.09. The van der Waals surface area contributed by atoms with Crippen LogP contribution in [0.3, 0.4) is 0 Å². The van der Waals surface area contributed by atoms with Crippen molar-refractivity contribution >= 4 is 23.2 Å². The number of hydrogen-bond donors (Lipinski definition) is 1. The molecule has 0 aliphatic heterocycles. The number of pyridine rings is 1. The first-order valence-corrected chi connectivity index (χ1v) is 6.19. The molecule has 0 atom stereocenters. The number of rotatable bonds is 3. The minimum Gasteiger partial charge on any atom is -0.322 e. The fourth-order valence-electron chi connectivity index (χ4n) is 1.63. The van der Waals surface area contributed by atoms with Crippen LogP contribution in [0.25, 0.3) is 0 Å². The van der Waals surface area contributed by atoms with E-state index in [1.165, 1.54) is 24.3 Å². The monoisotopic (exact) mass is 278 g/mol. The van der Waals surface area contributed by atoms with E-state index in [-0.39, 0.29) is 11.1 Å². The van der Waals surface area contributed by atoms with Gasteiger partial charge >= 0.3 is 0 Å². The molecule has 0 saturated carbocycles. The van der Waals surface area contributed by atoms with Crippen LogP contribution in [0.5, 0.6) is 0 Å². The van der Waals surface area contributed by atoms with E-state index in [4.69, 9.17) is 11.6 Å². The van der Waals surface area contributed by atoms with E-state index in [9.17, 15) is 9.18 Å². The molecule has 1 heterocycles. The summed E-state index contributed by atoms with van der Waals surface area (Å²) in [5.74, 6) is -0.746. The van der Waals surface area contributed by atoms with Crippen LogP contribution in [-0.2, 0) is 6.42 Å². The van der Waals surface area contributed by atoms with Crippen LogP contribution in [0.1, 0.15) is 23.0 Å². The fraction of sp³-hybridized carbons (Fsp3) is 0.143. The quantitative estimate of drug-likeness (QED) is 0.870. The van der Waals surface area contributed by atoms with Gasteiger partial charge in [-0.1, -0.05) is 24.6 Å². The summed E-state index contributed by atoms with van der Waals surface area (Å²) >= 11 is 5.85. The summed E-state index contributed by atoms with van der Waals surface area (Å²) in [4.78, 5) is 16.1. The van der Waals surface area contributed by atoms with Crippen LogP contribution in [0, 0.1) is 5.82 Å². The summed E-state index contributed by atoms with van der Waals surface area (Å²) in [5, 5.41) is 2.88. The fourth-order valence-corrected chi connectivity index (χ4v) is 1.86. The smallest absolute Gasteiger partial charge is 0.255 e. The lowest BCUT2D eigenvalue weighted by molar-refractivity contribution is 0.102. The van der Waals surface area contributed by atoms with Gasteiger partial charge in [-0.15, -0.1) is 0 Å². The Labute approximate surface area is 115 Å². The number of hydrogen-bond acceptors (Lipinski definition) is 2. The molecule has 0 saturated heterocycles. The van der Waals surface area contributed by atoms with Crippen LogP contribution in [0.15, 0.2) is 36.4 Å². The van der Waals surface area contributed by atoms with E-state index < -0.39 is 5.82 Å². The molecule has 1 amide bonds. The molecule has 1 N–H and O–H groups in total. The van der Waals surface area contributed by atoms with Gasteiger partial charge in [0.1, 0.15) is 11.0 Å². The Morgan fingerprint density at radius 1 is 1.37 bits per heavy atom. The maximum atomic E-state index is 13.0. The first-order chi connectivity index (χ1) is 9.08. The highest BCUT2D eigenvalue weighted by atomic mass is 35.5. The molecule has 0 unspecified atom stereocenters. The number of aromatic nitrogens is 1. The molecule has 2 rings (SSSR count). The Morgan fingerprint density at radius 2 is 2.16 bits per heavy atom. The number of nitrogens with zero attached hydrogens (tertiary/aromatic N) is 1. The Kier molecular flexibility index (Phi) is 4.12. The van der Waals surface area contributed by atoms with Crippen LogP contribution in [0.4, 0.5) is 10.1 Å². The Morgan fingerprint density at radius 3 is 2.84 bits per heavy atom. The Hall–Kier alpha value is -1.94. The summed E-state index contributed by atoms with van der Waals surface area (Å²) in [6.45, 7) is 1.92. The minimum absolute atomic E-state index is 0.267. The molecule has 0 spiro atoms. The van der Waals surface area contributed by atoms with E-state index in [1.807, 2.05) is 6.92 Å². The van der Waals surface area contributed by atoms with Gasteiger partial charge in [0.05, 0.1) is 0 Å². The van der Waals surface area contributed by atoms with E-state index in [2.05, 4.69) is 10.3 Å². The molecule has 1 aromatic carbocycles. The molecule has 19 heavy (non-hydrogen) atoms. The number of carbonyl (C=O) groups excluding carboxylic acids is 1. The highest BCUT2D eigenvalue weighted by molar-refractivity contribution is 6.29. The van der Waals surface area contributed by atoms with E-state index in [0.29, 0.717) is 17.7 Å². The number of halogens is 2. The van der Waals surface area contributed by atoms with Gasteiger partial charge < -0.3 is 5.32 Å². The second-order valence-electron chi connectivity index (χ2n) is 3.99. The number of benzene rings is 1. The van der Waals surface area contributed by atoms with Crippen molar-refractivity contribution in [1.29, 1.82) is 0 Å². The summed E-state index contributed by atoms with van der Waals surface area (Å²) in [7, 11) is 0. The molecule has 0 bridgehead atoms. The molecule has 0 fully saturated rings. The lowest BCUT2D eigenvalue weighted by Crippen LogP contribution is -2.12. The van der Waals surface area contributed by atoms with Gasteiger partial charge in [0.2, 0.25) is 0 Å². The third-order valence-corrected chi connectivity index (χ3v) is 2.75. The van der Waals surface area contributed by atoms with Crippen LogP contribution >= 0.6 is 11.6 Å². The predicted molar refractivity (Wildman–Crippen MR) is 73.0 cm³/mol. The maximum absolute atomic E-state index is 13.0. The van der Waals surface area contributed by atoms with Gasteiger partial charge in [-0.05, 0) is 36.8 Å². The molecule has 1 aromatic heterocycles. The average Bonchev–Trinajstić information content (AvgIpc) is 2.38. The Balaban J connectivity index is 2.22. The minimum atomic E-state index is -0.403. The van der Waals surface area contributed by atoms with E-state index >= 15 is 0 Å². The van der Waals surface area contributed by atoms with Crippen molar-refractivity contribution in [3.05, 3.63) is 58.6 Å². The zero-order chi connectivity index (χ0) is 13.8. The van der Waals surface area contributed by atoms with Gasteiger partial charge in [-0.2, -0.15) is 0 Å². The van der Waals surface area contributed by atoms with Crippen molar-refractivity contribution in [2.45, 2.75) is 13.3 Å². The molecule has 3 nitrogen and oxygen atoms in total. The van der Waals surface area contributed by atoms with Gasteiger partial charge in [0.15, 0.2) is 0 Å². The van der Waals surface area contributed by atoms with Crippen molar-refractivity contribution in [3.8, 4) is 0 Å². The van der Waals surface area contributed by atoms with Crippen molar-refractivity contribution < 1.29 is 9.18 Å². The molecule has 2 aromatic rings. The molecule has 0 aliphatic carbocycles. The summed E-state index contributed by atoms with van der Waals surface area (Å²) in [6, 6.07) is 8.86. The molecule has 0 aliphatic rings. The third kappa shape index (κ3) is 3.51. The topological polar surface area (TPSA) is 42.0 Å². The highest BCUT2D eigenvalue weighted by Crippen LogP contribution is 2.15. The lowest BCUT2D eigenvalue weighted by atomic mass is 10.2. The van der Waals surface area contributed by atoms with E-state index in [1.54, 1.807) is 12.1 Å². The first-order valence-electron chi connectivity index (χ1n) is 5.82. The van der Waals surface area contributed by atoms with Crippen molar-refractivity contribution in [3.63, 3.8) is 0 Å². The standard InChI is InChI=1S/C14H12ClFN2O/c1-2-11-6-9(7-13(15)17-11)14(19)18-12-5-3-4-10(16)8-12/h3-8H,2H2,1H3,(H,18,19). The van der Waals surface area contributed by atoms with Crippen LogP contribution in [0.2, 0.25) is 5.15 Å². The van der Waals surface area contributed by atoms with E-state index in [0.717, 1.165) is 5.69 Å². The number of aryl methyl sites for hydroxylation is 1. The number of nitrogens with one attached hydrogen (secondary N) is 1. The Bertz CT molecular complexity index is 616. The summed E-state index contributed by atoms with van der Waals surface area (Å²) < 4.78 is 13.0. The van der Waals surface area contributed by atoms with Crippen LogP contribution in [-0.4, -0.2) is 10.9 Å². The molecular formula is C14H12ClFN2O. The lowest BCUT2D eigenvalue weighted by Gasteiger charge is -2.07. The van der Waals surface area contributed by atoms with Crippen LogP contribution < -0.4 is 5.32 Å². The predicted octanol–water partition coefficient (Wildman–Crippen LogP) is 3.69. The molecular weight excluding hydrogens is 267 g/mol. The second-order valence-corrected chi connectivity index (χ2v) is 4.38. The molecule has 0 radical (unpaired) electrons. The van der Waals surface area contributed by atoms with Gasteiger partial charge in [0.25, 0.3) is 5.91 Å². The van der Waals surface area contributed by atoms with Gasteiger partial charge in [-0.25, -0.2) is 9.37 Å². The third-order valence-electron chi connectivity index (χ3n) is 2.55. The maximum Gasteiger partial charge on any atom is 0.255 e. The normalized spacial score (nSPS) is 10.3. The molecule has 5 heteroatoms. The second kappa shape index (κ2) is 5.80.